The maximum absolute atomic E-state index is 13.3. The predicted molar refractivity (Wildman–Crippen MR) is 111 cm³/mol. The van der Waals surface area contributed by atoms with Crippen molar-refractivity contribution in [2.24, 2.45) is 7.05 Å². The van der Waals surface area contributed by atoms with E-state index in [9.17, 15) is 13.2 Å². The summed E-state index contributed by atoms with van der Waals surface area (Å²) in [4.78, 5) is 17.5. The van der Waals surface area contributed by atoms with E-state index in [1.54, 1.807) is 50.4 Å². The van der Waals surface area contributed by atoms with Crippen LogP contribution in [0.3, 0.4) is 0 Å². The van der Waals surface area contributed by atoms with Crippen LogP contribution in [0.2, 0.25) is 5.02 Å². The molecule has 0 saturated heterocycles. The van der Waals surface area contributed by atoms with Crippen molar-refractivity contribution < 1.29 is 8.42 Å². The van der Waals surface area contributed by atoms with Crippen LogP contribution in [0, 0.1) is 0 Å². The van der Waals surface area contributed by atoms with Crippen molar-refractivity contribution in [3.05, 3.63) is 69.7 Å². The Morgan fingerprint density at radius 2 is 1.79 bits per heavy atom. The van der Waals surface area contributed by atoms with Crippen molar-refractivity contribution in [2.75, 3.05) is 6.54 Å². The van der Waals surface area contributed by atoms with E-state index in [2.05, 4.69) is 4.98 Å². The highest BCUT2D eigenvalue weighted by Crippen LogP contribution is 2.27. The Hall–Kier alpha value is -2.22. The van der Waals surface area contributed by atoms with E-state index in [1.807, 2.05) is 6.92 Å². The summed E-state index contributed by atoms with van der Waals surface area (Å²) >= 11 is 5.90. The highest BCUT2D eigenvalue weighted by atomic mass is 35.5. The predicted octanol–water partition coefficient (Wildman–Crippen LogP) is 3.75. The molecular weight excluding hydrogens is 398 g/mol. The zero-order chi connectivity index (χ0) is 20.5. The fourth-order valence-electron chi connectivity index (χ4n) is 3.22. The normalized spacial score (nSPS) is 13.2. The molecule has 2 aromatic carbocycles. The number of rotatable bonds is 6. The van der Waals surface area contributed by atoms with Gasteiger partial charge in [-0.25, -0.2) is 13.4 Å². The van der Waals surface area contributed by atoms with Gasteiger partial charge in [-0.15, -0.1) is 0 Å². The van der Waals surface area contributed by atoms with E-state index in [-0.39, 0.29) is 10.5 Å². The third-order valence-corrected chi connectivity index (χ3v) is 6.92. The Morgan fingerprint density at radius 1 is 1.14 bits per heavy atom. The lowest BCUT2D eigenvalue weighted by molar-refractivity contribution is 0.324. The molecule has 148 valence electrons. The second-order valence-electron chi connectivity index (χ2n) is 6.60. The van der Waals surface area contributed by atoms with Crippen LogP contribution in [0.4, 0.5) is 0 Å². The van der Waals surface area contributed by atoms with Gasteiger partial charge >= 0.3 is 0 Å². The molecule has 3 rings (SSSR count). The van der Waals surface area contributed by atoms with Crippen LogP contribution in [0.1, 0.15) is 32.1 Å². The molecule has 0 N–H and O–H groups in total. The molecule has 8 heteroatoms. The molecule has 6 nitrogen and oxygen atoms in total. The van der Waals surface area contributed by atoms with Crippen molar-refractivity contribution >= 4 is 32.5 Å². The molecule has 0 amide bonds. The number of halogens is 1. The van der Waals surface area contributed by atoms with Gasteiger partial charge in [0.05, 0.1) is 21.8 Å². The zero-order valence-corrected chi connectivity index (χ0v) is 17.5. The average Bonchev–Trinajstić information content (AvgIpc) is 2.68. The van der Waals surface area contributed by atoms with Crippen molar-refractivity contribution in [3.8, 4) is 0 Å². The molecule has 0 radical (unpaired) electrons. The molecule has 0 saturated carbocycles. The largest absolute Gasteiger partial charge is 0.298 e. The molecule has 0 aliphatic carbocycles. The van der Waals surface area contributed by atoms with Gasteiger partial charge in [0.15, 0.2) is 0 Å². The Morgan fingerprint density at radius 3 is 2.43 bits per heavy atom. The second kappa shape index (κ2) is 8.03. The van der Waals surface area contributed by atoms with Gasteiger partial charge in [0, 0.05) is 18.6 Å². The maximum Gasteiger partial charge on any atom is 0.261 e. The summed E-state index contributed by atoms with van der Waals surface area (Å²) in [5.74, 6) is 0.398. The lowest BCUT2D eigenvalue weighted by Gasteiger charge is -2.28. The quantitative estimate of drug-likeness (QED) is 0.610. The van der Waals surface area contributed by atoms with Crippen molar-refractivity contribution in [1.29, 1.82) is 0 Å². The average molecular weight is 420 g/mol. The summed E-state index contributed by atoms with van der Waals surface area (Å²) < 4.78 is 29.4. The Balaban J connectivity index is 2.13. The maximum atomic E-state index is 13.3. The van der Waals surface area contributed by atoms with Gasteiger partial charge in [0.2, 0.25) is 10.0 Å². The molecule has 0 aliphatic heterocycles. The molecule has 1 heterocycles. The molecule has 0 aliphatic rings. The summed E-state index contributed by atoms with van der Waals surface area (Å²) in [6.45, 7) is 3.96. The van der Waals surface area contributed by atoms with Gasteiger partial charge in [-0.05, 0) is 49.7 Å². The fourth-order valence-corrected chi connectivity index (χ4v) is 5.03. The van der Waals surface area contributed by atoms with E-state index in [0.717, 1.165) is 0 Å². The second-order valence-corrected chi connectivity index (χ2v) is 8.92. The number of fused-ring (bicyclic) bond motifs is 1. The number of nitrogens with zero attached hydrogens (tertiary/aromatic N) is 3. The molecule has 1 aromatic heterocycles. The standard InChI is InChI=1S/C20H22ClN3O3S/c1-4-13-24(28(26,27)16-11-9-15(21)10-12-16)14(2)19-22-18-8-6-5-7-17(18)20(25)23(19)3/h5-12,14H,4,13H2,1-3H3. The van der Waals surface area contributed by atoms with Crippen LogP contribution in [0.15, 0.2) is 58.2 Å². The third-order valence-electron chi connectivity index (χ3n) is 4.69. The number of benzene rings is 2. The lowest BCUT2D eigenvalue weighted by atomic mass is 10.2. The highest BCUT2D eigenvalue weighted by Gasteiger charge is 2.31. The molecule has 1 unspecified atom stereocenters. The van der Waals surface area contributed by atoms with E-state index in [1.165, 1.54) is 21.0 Å². The Kier molecular flexibility index (Phi) is 5.88. The van der Waals surface area contributed by atoms with E-state index >= 15 is 0 Å². The minimum absolute atomic E-state index is 0.156. The third kappa shape index (κ3) is 3.70. The zero-order valence-electron chi connectivity index (χ0n) is 16.0. The summed E-state index contributed by atoms with van der Waals surface area (Å²) in [6, 6.07) is 12.5. The molecule has 0 fully saturated rings. The number of hydrogen-bond acceptors (Lipinski definition) is 4. The summed E-state index contributed by atoms with van der Waals surface area (Å²) in [5.41, 5.74) is 0.348. The number of aromatic nitrogens is 2. The van der Waals surface area contributed by atoms with Crippen LogP contribution in [0.25, 0.3) is 10.9 Å². The minimum Gasteiger partial charge on any atom is -0.298 e. The van der Waals surface area contributed by atoms with E-state index < -0.39 is 16.1 Å². The van der Waals surface area contributed by atoms with Gasteiger partial charge in [0.25, 0.3) is 5.56 Å². The van der Waals surface area contributed by atoms with Crippen LogP contribution in [-0.4, -0.2) is 28.8 Å². The van der Waals surface area contributed by atoms with E-state index in [4.69, 9.17) is 11.6 Å². The number of sulfonamides is 1. The molecule has 0 bridgehead atoms. The van der Waals surface area contributed by atoms with Gasteiger partial charge in [-0.3, -0.25) is 9.36 Å². The highest BCUT2D eigenvalue weighted by molar-refractivity contribution is 7.89. The first-order valence-electron chi connectivity index (χ1n) is 9.00. The summed E-state index contributed by atoms with van der Waals surface area (Å²) in [7, 11) is -2.17. The first-order valence-corrected chi connectivity index (χ1v) is 10.8. The first kappa shape index (κ1) is 20.5. The number of hydrogen-bond donors (Lipinski definition) is 0. The summed E-state index contributed by atoms with van der Waals surface area (Å²) in [6.07, 6.45) is 0.624. The minimum atomic E-state index is -3.79. The SMILES string of the molecule is CCCN(C(C)c1nc2ccccc2c(=O)n1C)S(=O)(=O)c1ccc(Cl)cc1. The Bertz CT molecular complexity index is 1160. The van der Waals surface area contributed by atoms with E-state index in [0.29, 0.717) is 34.7 Å². The van der Waals surface area contributed by atoms with Gasteiger partial charge in [-0.1, -0.05) is 30.7 Å². The Labute approximate surface area is 169 Å². The molecule has 3 aromatic rings. The molecule has 28 heavy (non-hydrogen) atoms. The number of para-hydroxylation sites is 1. The fraction of sp³-hybridized carbons (Fsp3) is 0.300. The first-order chi connectivity index (χ1) is 13.3. The topological polar surface area (TPSA) is 72.3 Å². The lowest BCUT2D eigenvalue weighted by Crippen LogP contribution is -2.37. The smallest absolute Gasteiger partial charge is 0.261 e. The van der Waals surface area contributed by atoms with Gasteiger partial charge in [-0.2, -0.15) is 4.31 Å². The van der Waals surface area contributed by atoms with Crippen molar-refractivity contribution in [2.45, 2.75) is 31.2 Å². The van der Waals surface area contributed by atoms with Crippen LogP contribution >= 0.6 is 11.6 Å². The van der Waals surface area contributed by atoms with Crippen LogP contribution < -0.4 is 5.56 Å². The molecule has 0 spiro atoms. The molecular formula is C20H22ClN3O3S. The van der Waals surface area contributed by atoms with Crippen LogP contribution in [0.5, 0.6) is 0 Å². The van der Waals surface area contributed by atoms with Gasteiger partial charge in [0.1, 0.15) is 5.82 Å². The van der Waals surface area contributed by atoms with Gasteiger partial charge < -0.3 is 0 Å². The summed E-state index contributed by atoms with van der Waals surface area (Å²) in [5, 5.41) is 0.969. The molecule has 1 atom stereocenters. The van der Waals surface area contributed by atoms with Crippen molar-refractivity contribution in [3.63, 3.8) is 0 Å². The van der Waals surface area contributed by atoms with Crippen molar-refractivity contribution in [1.82, 2.24) is 13.9 Å². The van der Waals surface area contributed by atoms with Crippen LogP contribution in [-0.2, 0) is 17.1 Å². The monoisotopic (exact) mass is 419 g/mol.